The van der Waals surface area contributed by atoms with Crippen molar-refractivity contribution in [1.82, 2.24) is 29.2 Å². The molecule has 0 saturated heterocycles. The monoisotopic (exact) mass is 546 g/mol. The van der Waals surface area contributed by atoms with E-state index in [1.54, 1.807) is 41.5 Å². The van der Waals surface area contributed by atoms with Crippen molar-refractivity contribution >= 4 is 38.2 Å². The summed E-state index contributed by atoms with van der Waals surface area (Å²) in [7, 11) is -0.277. The lowest BCUT2D eigenvalue weighted by molar-refractivity contribution is 0.235. The molecule has 0 spiro atoms. The number of hydrogen-bond acceptors (Lipinski definition) is 8. The van der Waals surface area contributed by atoms with Gasteiger partial charge in [-0.1, -0.05) is 26.0 Å². The van der Waals surface area contributed by atoms with Crippen molar-refractivity contribution in [2.75, 3.05) is 31.4 Å². The second kappa shape index (κ2) is 9.73. The zero-order valence-corrected chi connectivity index (χ0v) is 24.0. The van der Waals surface area contributed by atoms with Crippen LogP contribution in [0.5, 0.6) is 0 Å². The summed E-state index contributed by atoms with van der Waals surface area (Å²) >= 11 is 0. The highest BCUT2D eigenvalue weighted by Crippen LogP contribution is 2.37. The predicted octanol–water partition coefficient (Wildman–Crippen LogP) is 4.30. The summed E-state index contributed by atoms with van der Waals surface area (Å²) in [6.45, 7) is 12.6. The number of benzene rings is 1. The Morgan fingerprint density at radius 1 is 1.23 bits per heavy atom. The average Bonchev–Trinajstić information content (AvgIpc) is 3.08. The van der Waals surface area contributed by atoms with Crippen molar-refractivity contribution in [2.45, 2.75) is 39.3 Å². The fraction of sp³-hybridized carbons (Fsp3) is 0.357. The molecular weight excluding hydrogens is 512 g/mol. The minimum absolute atomic E-state index is 0.0567. The number of allylic oxidation sites excluding steroid dienone is 1. The maximum atomic E-state index is 13.3. The van der Waals surface area contributed by atoms with Crippen molar-refractivity contribution in [3.63, 3.8) is 0 Å². The molecule has 5 rings (SSSR count). The molecule has 39 heavy (non-hydrogen) atoms. The van der Waals surface area contributed by atoms with E-state index in [-0.39, 0.29) is 17.5 Å². The SMILES string of the molecule is C=CCn1c(=O)c2cnc(Nc3cc(C)c4c(c3)CN(C)CC4(C)C)nc2n1-c1cccc(N=S(C)(C)=O)n1. The van der Waals surface area contributed by atoms with Crippen LogP contribution in [0.3, 0.4) is 0 Å². The Morgan fingerprint density at radius 2 is 2.00 bits per heavy atom. The fourth-order valence-electron chi connectivity index (χ4n) is 5.67. The summed E-state index contributed by atoms with van der Waals surface area (Å²) in [5.41, 5.74) is 4.96. The number of anilines is 2. The lowest BCUT2D eigenvalue weighted by atomic mass is 9.76. The highest BCUT2D eigenvalue weighted by atomic mass is 32.2. The molecule has 0 atom stereocenters. The Kier molecular flexibility index (Phi) is 6.68. The van der Waals surface area contributed by atoms with Gasteiger partial charge >= 0.3 is 0 Å². The third-order valence-corrected chi connectivity index (χ3v) is 7.31. The van der Waals surface area contributed by atoms with Crippen LogP contribution in [-0.4, -0.2) is 59.5 Å². The summed E-state index contributed by atoms with van der Waals surface area (Å²) in [5, 5.41) is 3.70. The third-order valence-electron chi connectivity index (χ3n) is 6.68. The topological polar surface area (TPSA) is 110 Å². The van der Waals surface area contributed by atoms with Gasteiger partial charge in [-0.25, -0.2) is 23.5 Å². The van der Waals surface area contributed by atoms with E-state index >= 15 is 0 Å². The van der Waals surface area contributed by atoms with Crippen LogP contribution in [0.2, 0.25) is 0 Å². The molecule has 0 radical (unpaired) electrons. The quantitative estimate of drug-likeness (QED) is 0.359. The minimum atomic E-state index is -2.42. The number of nitrogens with zero attached hydrogens (tertiary/aromatic N) is 7. The number of aryl methyl sites for hydroxylation is 1. The van der Waals surface area contributed by atoms with Gasteiger partial charge in [0.15, 0.2) is 17.3 Å². The van der Waals surface area contributed by atoms with E-state index in [1.807, 2.05) is 0 Å². The first kappa shape index (κ1) is 26.8. The van der Waals surface area contributed by atoms with Crippen molar-refractivity contribution in [1.29, 1.82) is 0 Å². The van der Waals surface area contributed by atoms with E-state index in [9.17, 15) is 9.00 Å². The van der Waals surface area contributed by atoms with E-state index in [1.165, 1.54) is 27.6 Å². The normalized spacial score (nSPS) is 15.2. The van der Waals surface area contributed by atoms with Crippen molar-refractivity contribution in [3.05, 3.63) is 76.2 Å². The molecule has 4 heterocycles. The van der Waals surface area contributed by atoms with Gasteiger partial charge in [-0.05, 0) is 54.9 Å². The second-order valence-electron chi connectivity index (χ2n) is 11.1. The molecule has 4 aromatic rings. The molecule has 10 nitrogen and oxygen atoms in total. The maximum absolute atomic E-state index is 13.3. The molecular formula is C28H34N8O2S. The maximum Gasteiger partial charge on any atom is 0.278 e. The van der Waals surface area contributed by atoms with Crippen LogP contribution in [0.4, 0.5) is 17.5 Å². The summed E-state index contributed by atoms with van der Waals surface area (Å²) in [6.07, 6.45) is 6.26. The number of aromatic nitrogens is 5. The standard InChI is InChI=1S/C28H34N8O2S/c1-8-12-35-26(37)21-15-29-27(30-20-13-18(2)24-19(14-20)16-34(5)17-28(24,3)4)32-25(21)36(35)23-11-9-10-22(31-23)33-39(6,7)38/h8-11,13-15H,1,12,16-17H2,2-7H3,(H,29,30,32). The highest BCUT2D eigenvalue weighted by Gasteiger charge is 2.32. The number of fused-ring (bicyclic) bond motifs is 2. The van der Waals surface area contributed by atoms with Gasteiger partial charge in [-0.3, -0.25) is 4.79 Å². The summed E-state index contributed by atoms with van der Waals surface area (Å²) < 4.78 is 19.6. The van der Waals surface area contributed by atoms with Crippen molar-refractivity contribution in [2.24, 2.45) is 4.36 Å². The summed E-state index contributed by atoms with van der Waals surface area (Å²) in [6, 6.07) is 9.47. The average molecular weight is 547 g/mol. The van der Waals surface area contributed by atoms with E-state index in [4.69, 9.17) is 4.98 Å². The largest absolute Gasteiger partial charge is 0.324 e. The van der Waals surface area contributed by atoms with Gasteiger partial charge in [0.1, 0.15) is 5.39 Å². The highest BCUT2D eigenvalue weighted by molar-refractivity contribution is 7.92. The fourth-order valence-corrected chi connectivity index (χ4v) is 6.22. The van der Waals surface area contributed by atoms with Crippen LogP contribution in [0, 0.1) is 6.92 Å². The summed E-state index contributed by atoms with van der Waals surface area (Å²) in [5.74, 6) is 1.10. The van der Waals surface area contributed by atoms with Gasteiger partial charge in [-0.2, -0.15) is 9.35 Å². The number of hydrogen-bond donors (Lipinski definition) is 1. The Balaban J connectivity index is 1.62. The Hall–Kier alpha value is -3.83. The van der Waals surface area contributed by atoms with Gasteiger partial charge in [0, 0.05) is 52.6 Å². The van der Waals surface area contributed by atoms with Crippen molar-refractivity contribution < 1.29 is 4.21 Å². The van der Waals surface area contributed by atoms with Crippen LogP contribution >= 0.6 is 0 Å². The minimum Gasteiger partial charge on any atom is -0.324 e. The Labute approximate surface area is 228 Å². The molecule has 1 N–H and O–H groups in total. The van der Waals surface area contributed by atoms with Crippen LogP contribution in [-0.2, 0) is 28.2 Å². The predicted molar refractivity (Wildman–Crippen MR) is 157 cm³/mol. The van der Waals surface area contributed by atoms with Gasteiger partial charge in [0.2, 0.25) is 5.95 Å². The van der Waals surface area contributed by atoms with E-state index in [0.717, 1.165) is 18.8 Å². The number of rotatable bonds is 6. The molecule has 0 aliphatic carbocycles. The smallest absolute Gasteiger partial charge is 0.278 e. The first-order valence-corrected chi connectivity index (χ1v) is 15.0. The van der Waals surface area contributed by atoms with Gasteiger partial charge in [0.05, 0.1) is 6.54 Å². The third kappa shape index (κ3) is 5.24. The molecule has 11 heteroatoms. The molecule has 3 aromatic heterocycles. The van der Waals surface area contributed by atoms with Gasteiger partial charge < -0.3 is 10.2 Å². The summed E-state index contributed by atoms with van der Waals surface area (Å²) in [4.78, 5) is 29.4. The molecule has 0 fully saturated rings. The zero-order chi connectivity index (χ0) is 28.1. The number of likely N-dealkylation sites (N-methyl/N-ethyl adjacent to an activating group) is 1. The molecule has 1 aliphatic heterocycles. The first-order chi connectivity index (χ1) is 18.4. The first-order valence-electron chi connectivity index (χ1n) is 12.7. The van der Waals surface area contributed by atoms with E-state index in [2.05, 4.69) is 71.1 Å². The molecule has 204 valence electrons. The molecule has 1 aliphatic rings. The van der Waals surface area contributed by atoms with E-state index < -0.39 is 9.73 Å². The number of pyridine rings is 1. The van der Waals surface area contributed by atoms with Crippen LogP contribution in [0.15, 0.2) is 58.3 Å². The lowest BCUT2D eigenvalue weighted by Gasteiger charge is -2.39. The Morgan fingerprint density at radius 3 is 2.72 bits per heavy atom. The zero-order valence-electron chi connectivity index (χ0n) is 23.2. The van der Waals surface area contributed by atoms with Crippen LogP contribution in [0.1, 0.15) is 30.5 Å². The van der Waals surface area contributed by atoms with Crippen molar-refractivity contribution in [3.8, 4) is 5.82 Å². The molecule has 0 bridgehead atoms. The molecule has 1 aromatic carbocycles. The van der Waals surface area contributed by atoms with E-state index in [0.29, 0.717) is 28.6 Å². The van der Waals surface area contributed by atoms with Gasteiger partial charge in [0.25, 0.3) is 5.56 Å². The lowest BCUT2D eigenvalue weighted by Crippen LogP contribution is -2.40. The second-order valence-corrected chi connectivity index (χ2v) is 13.6. The Bertz CT molecular complexity index is 1790. The molecule has 0 amide bonds. The number of nitrogens with one attached hydrogen (secondary N) is 1. The van der Waals surface area contributed by atoms with Crippen LogP contribution in [0.25, 0.3) is 16.9 Å². The van der Waals surface area contributed by atoms with Crippen LogP contribution < -0.4 is 10.9 Å². The molecule has 0 saturated carbocycles. The molecule has 0 unspecified atom stereocenters. The van der Waals surface area contributed by atoms with Gasteiger partial charge in [-0.15, -0.1) is 6.58 Å².